The van der Waals surface area contributed by atoms with Crippen molar-refractivity contribution < 1.29 is 19.4 Å². The standard InChI is InChI=1S/C13H19N3O4S/c1-2-20-13(19)8-9(14)10(11(15)18)21-12(8)16-5-3-7(17)4-6-16/h7,17H,2-6,14H2,1H3,(H2,15,18). The van der Waals surface area contributed by atoms with Crippen molar-refractivity contribution in [1.82, 2.24) is 0 Å². The van der Waals surface area contributed by atoms with E-state index in [4.69, 9.17) is 16.2 Å². The third-order valence-corrected chi connectivity index (χ3v) is 4.66. The number of nitrogens with zero attached hydrogens (tertiary/aromatic N) is 1. The minimum atomic E-state index is -0.661. The maximum atomic E-state index is 12.1. The molecule has 2 heterocycles. The number of carbonyl (C=O) groups is 2. The number of nitrogens with two attached hydrogens (primary N) is 2. The largest absolute Gasteiger partial charge is 0.462 e. The lowest BCUT2D eigenvalue weighted by molar-refractivity contribution is 0.0528. The van der Waals surface area contributed by atoms with Crippen molar-refractivity contribution in [3.8, 4) is 0 Å². The van der Waals surface area contributed by atoms with Crippen LogP contribution in [0.4, 0.5) is 10.7 Å². The summed E-state index contributed by atoms with van der Waals surface area (Å²) in [5, 5.41) is 10.2. The number of hydrogen-bond donors (Lipinski definition) is 3. The molecular formula is C13H19N3O4S. The lowest BCUT2D eigenvalue weighted by atomic mass is 10.1. The molecule has 1 aromatic heterocycles. The van der Waals surface area contributed by atoms with Crippen LogP contribution in [0.3, 0.4) is 0 Å². The van der Waals surface area contributed by atoms with Gasteiger partial charge < -0.3 is 26.2 Å². The number of aliphatic hydroxyl groups is 1. The third-order valence-electron chi connectivity index (χ3n) is 3.38. The Morgan fingerprint density at radius 1 is 1.43 bits per heavy atom. The topological polar surface area (TPSA) is 119 Å². The van der Waals surface area contributed by atoms with Crippen molar-refractivity contribution in [2.75, 3.05) is 30.3 Å². The maximum Gasteiger partial charge on any atom is 0.343 e. The van der Waals surface area contributed by atoms with Gasteiger partial charge in [-0.3, -0.25) is 4.79 Å². The molecule has 0 aromatic carbocycles. The van der Waals surface area contributed by atoms with Crippen molar-refractivity contribution in [1.29, 1.82) is 0 Å². The molecule has 0 aliphatic carbocycles. The zero-order valence-electron chi connectivity index (χ0n) is 11.8. The molecule has 1 aliphatic rings. The van der Waals surface area contributed by atoms with Crippen LogP contribution in [-0.4, -0.2) is 42.8 Å². The van der Waals surface area contributed by atoms with Gasteiger partial charge in [-0.1, -0.05) is 0 Å². The SMILES string of the molecule is CCOC(=O)c1c(N2CCC(O)CC2)sc(C(N)=O)c1N. The summed E-state index contributed by atoms with van der Waals surface area (Å²) in [6.45, 7) is 3.10. The summed E-state index contributed by atoms with van der Waals surface area (Å²) >= 11 is 1.10. The first kappa shape index (κ1) is 15.6. The van der Waals surface area contributed by atoms with E-state index in [0.29, 0.717) is 30.9 Å². The van der Waals surface area contributed by atoms with E-state index in [9.17, 15) is 14.7 Å². The van der Waals surface area contributed by atoms with Crippen LogP contribution < -0.4 is 16.4 Å². The van der Waals surface area contributed by atoms with Crippen molar-refractivity contribution in [2.24, 2.45) is 5.73 Å². The van der Waals surface area contributed by atoms with Crippen LogP contribution in [0.1, 0.15) is 39.8 Å². The summed E-state index contributed by atoms with van der Waals surface area (Å²) in [5.74, 6) is -1.22. The molecule has 0 unspecified atom stereocenters. The quantitative estimate of drug-likeness (QED) is 0.699. The number of anilines is 2. The minimum Gasteiger partial charge on any atom is -0.462 e. The zero-order valence-corrected chi connectivity index (χ0v) is 12.6. The average Bonchev–Trinajstić information content (AvgIpc) is 2.77. The fourth-order valence-electron chi connectivity index (χ4n) is 2.31. The van der Waals surface area contributed by atoms with Gasteiger partial charge in [0.2, 0.25) is 0 Å². The summed E-state index contributed by atoms with van der Waals surface area (Å²) in [4.78, 5) is 25.7. The average molecular weight is 313 g/mol. The molecule has 1 aliphatic heterocycles. The third kappa shape index (κ3) is 3.11. The molecule has 7 nitrogen and oxygen atoms in total. The molecule has 116 valence electrons. The molecule has 8 heteroatoms. The second kappa shape index (κ2) is 6.31. The van der Waals surface area contributed by atoms with E-state index in [1.807, 2.05) is 4.90 Å². The van der Waals surface area contributed by atoms with Gasteiger partial charge in [0, 0.05) is 13.1 Å². The van der Waals surface area contributed by atoms with E-state index in [0.717, 1.165) is 11.3 Å². The van der Waals surface area contributed by atoms with E-state index >= 15 is 0 Å². The Hall–Kier alpha value is -1.80. The van der Waals surface area contributed by atoms with Crippen molar-refractivity contribution in [3.05, 3.63) is 10.4 Å². The van der Waals surface area contributed by atoms with Gasteiger partial charge in [-0.05, 0) is 19.8 Å². The minimum absolute atomic E-state index is 0.0760. The van der Waals surface area contributed by atoms with Gasteiger partial charge >= 0.3 is 5.97 Å². The number of hydrogen-bond acceptors (Lipinski definition) is 7. The molecule has 0 atom stereocenters. The molecule has 1 aromatic rings. The summed E-state index contributed by atoms with van der Waals surface area (Å²) < 4.78 is 5.01. The molecule has 21 heavy (non-hydrogen) atoms. The van der Waals surface area contributed by atoms with E-state index in [2.05, 4.69) is 0 Å². The van der Waals surface area contributed by atoms with Crippen LogP contribution in [0.15, 0.2) is 0 Å². The number of nitrogen functional groups attached to an aromatic ring is 1. The van der Waals surface area contributed by atoms with Crippen LogP contribution in [0.25, 0.3) is 0 Å². The van der Waals surface area contributed by atoms with E-state index < -0.39 is 11.9 Å². The first-order valence-electron chi connectivity index (χ1n) is 6.77. The fourth-order valence-corrected chi connectivity index (χ4v) is 3.42. The van der Waals surface area contributed by atoms with Crippen LogP contribution in [0, 0.1) is 0 Å². The van der Waals surface area contributed by atoms with E-state index in [1.54, 1.807) is 6.92 Å². The van der Waals surface area contributed by atoms with Gasteiger partial charge in [0.25, 0.3) is 5.91 Å². The Balaban J connectivity index is 2.40. The first-order valence-corrected chi connectivity index (χ1v) is 7.59. The Labute approximate surface area is 126 Å². The molecule has 0 saturated carbocycles. The smallest absolute Gasteiger partial charge is 0.343 e. The Morgan fingerprint density at radius 2 is 2.05 bits per heavy atom. The molecule has 5 N–H and O–H groups in total. The number of aliphatic hydroxyl groups excluding tert-OH is 1. The summed E-state index contributed by atoms with van der Waals surface area (Å²) in [6.07, 6.45) is 0.873. The molecular weight excluding hydrogens is 294 g/mol. The van der Waals surface area contributed by atoms with Gasteiger partial charge in [-0.25, -0.2) is 4.79 Å². The van der Waals surface area contributed by atoms with Crippen molar-refractivity contribution in [2.45, 2.75) is 25.9 Å². The van der Waals surface area contributed by atoms with Gasteiger partial charge in [0.15, 0.2) is 0 Å². The molecule has 0 bridgehead atoms. The highest BCUT2D eigenvalue weighted by atomic mass is 32.1. The number of thiophene rings is 1. The van der Waals surface area contributed by atoms with Gasteiger partial charge in [0.05, 0.1) is 18.4 Å². The van der Waals surface area contributed by atoms with Crippen LogP contribution in [0.2, 0.25) is 0 Å². The fraction of sp³-hybridized carbons (Fsp3) is 0.538. The van der Waals surface area contributed by atoms with Gasteiger partial charge in [-0.15, -0.1) is 11.3 Å². The van der Waals surface area contributed by atoms with Crippen molar-refractivity contribution >= 4 is 33.9 Å². The van der Waals surface area contributed by atoms with Crippen LogP contribution in [-0.2, 0) is 4.74 Å². The van der Waals surface area contributed by atoms with Gasteiger partial charge in [-0.2, -0.15) is 0 Å². The van der Waals surface area contributed by atoms with Crippen LogP contribution in [0.5, 0.6) is 0 Å². The van der Waals surface area contributed by atoms with Crippen molar-refractivity contribution in [3.63, 3.8) is 0 Å². The molecule has 1 amide bonds. The number of piperidine rings is 1. The Morgan fingerprint density at radius 3 is 2.57 bits per heavy atom. The maximum absolute atomic E-state index is 12.1. The molecule has 1 fully saturated rings. The number of rotatable bonds is 4. The normalized spacial score (nSPS) is 16.0. The van der Waals surface area contributed by atoms with Crippen LogP contribution >= 0.6 is 11.3 Å². The molecule has 0 radical (unpaired) electrons. The first-order chi connectivity index (χ1) is 9.95. The predicted octanol–water partition coefficient (Wildman–Crippen LogP) is 0.567. The molecule has 1 saturated heterocycles. The Kier molecular flexibility index (Phi) is 4.69. The molecule has 2 rings (SSSR count). The van der Waals surface area contributed by atoms with E-state index in [1.165, 1.54) is 0 Å². The molecule has 0 spiro atoms. The predicted molar refractivity (Wildman–Crippen MR) is 80.7 cm³/mol. The van der Waals surface area contributed by atoms with Gasteiger partial charge in [0.1, 0.15) is 15.4 Å². The number of carbonyl (C=O) groups excluding carboxylic acids is 2. The number of primary amides is 1. The van der Waals surface area contributed by atoms with E-state index in [-0.39, 0.29) is 28.8 Å². The monoisotopic (exact) mass is 313 g/mol. The summed E-state index contributed by atoms with van der Waals surface area (Å²) in [5.41, 5.74) is 11.5. The summed E-state index contributed by atoms with van der Waals surface area (Å²) in [7, 11) is 0. The second-order valence-corrected chi connectivity index (χ2v) is 5.83. The zero-order chi connectivity index (χ0) is 15.6. The second-order valence-electron chi connectivity index (χ2n) is 4.83. The Bertz CT molecular complexity index is 550. The highest BCUT2D eigenvalue weighted by Gasteiger charge is 2.30. The highest BCUT2D eigenvalue weighted by Crippen LogP contribution is 2.39. The number of ether oxygens (including phenoxy) is 1. The lowest BCUT2D eigenvalue weighted by Gasteiger charge is -2.30. The number of amides is 1. The highest BCUT2D eigenvalue weighted by molar-refractivity contribution is 7.19. The lowest BCUT2D eigenvalue weighted by Crippen LogP contribution is -2.36. The number of esters is 1. The summed E-state index contributed by atoms with van der Waals surface area (Å²) in [6, 6.07) is 0.